The molecule has 118 valence electrons. The largest absolute Gasteiger partial charge is 0.290 e. The third kappa shape index (κ3) is 2.94. The Morgan fingerprint density at radius 1 is 1.26 bits per heavy atom. The molecule has 0 bridgehead atoms. The van der Waals surface area contributed by atoms with E-state index in [9.17, 15) is 0 Å². The number of thiophene rings is 1. The van der Waals surface area contributed by atoms with Crippen molar-refractivity contribution in [2.24, 2.45) is 0 Å². The van der Waals surface area contributed by atoms with E-state index < -0.39 is 0 Å². The second kappa shape index (κ2) is 6.26. The highest BCUT2D eigenvalue weighted by atomic mass is 32.1. The first kappa shape index (κ1) is 14.6. The first-order valence-corrected chi connectivity index (χ1v) is 8.93. The lowest BCUT2D eigenvalue weighted by molar-refractivity contribution is 0.246. The maximum Gasteiger partial charge on any atom is 0.138 e. The summed E-state index contributed by atoms with van der Waals surface area (Å²) in [6.07, 6.45) is 6.22. The van der Waals surface area contributed by atoms with Crippen molar-refractivity contribution in [1.82, 2.24) is 19.4 Å². The lowest BCUT2D eigenvalue weighted by Gasteiger charge is -2.23. The van der Waals surface area contributed by atoms with Crippen molar-refractivity contribution in [1.29, 1.82) is 0 Å². The van der Waals surface area contributed by atoms with Gasteiger partial charge in [0.05, 0.1) is 11.7 Å². The van der Waals surface area contributed by atoms with Gasteiger partial charge in [0.25, 0.3) is 0 Å². The third-order valence-electron chi connectivity index (χ3n) is 4.47. The first-order chi connectivity index (χ1) is 11.3. The summed E-state index contributed by atoms with van der Waals surface area (Å²) in [5, 5.41) is 2.15. The molecule has 3 aromatic rings. The fourth-order valence-corrected chi connectivity index (χ4v) is 4.06. The van der Waals surface area contributed by atoms with Crippen LogP contribution in [0.3, 0.4) is 0 Å². The molecule has 5 heteroatoms. The summed E-state index contributed by atoms with van der Waals surface area (Å²) in [7, 11) is 0. The lowest BCUT2D eigenvalue weighted by atomic mass is 10.1. The van der Waals surface area contributed by atoms with Gasteiger partial charge in [-0.3, -0.25) is 9.47 Å². The minimum absolute atomic E-state index is 0.417. The summed E-state index contributed by atoms with van der Waals surface area (Å²) < 4.78 is 2.04. The Morgan fingerprint density at radius 3 is 3.00 bits per heavy atom. The summed E-state index contributed by atoms with van der Waals surface area (Å²) in [6.45, 7) is 4.18. The molecule has 0 radical (unpaired) electrons. The minimum Gasteiger partial charge on any atom is -0.290 e. The Morgan fingerprint density at radius 2 is 2.22 bits per heavy atom. The standard InChI is InChI=1S/C18H20N4S/c1-14-19-9-11-22(14)18-8-2-6-16(20-18)17-7-3-10-21(17)13-15-5-4-12-23-15/h2,4-6,8-9,11-12,17H,3,7,10,13H2,1H3. The fourth-order valence-electron chi connectivity index (χ4n) is 3.33. The van der Waals surface area contributed by atoms with E-state index in [-0.39, 0.29) is 0 Å². The van der Waals surface area contributed by atoms with Gasteiger partial charge in [-0.1, -0.05) is 12.1 Å². The zero-order valence-corrected chi connectivity index (χ0v) is 14.0. The van der Waals surface area contributed by atoms with Crippen molar-refractivity contribution in [2.75, 3.05) is 6.54 Å². The number of hydrogen-bond acceptors (Lipinski definition) is 4. The topological polar surface area (TPSA) is 34.0 Å². The molecule has 0 saturated carbocycles. The van der Waals surface area contributed by atoms with Crippen LogP contribution in [-0.4, -0.2) is 26.0 Å². The molecule has 1 saturated heterocycles. The normalized spacial score (nSPS) is 18.6. The van der Waals surface area contributed by atoms with E-state index in [1.165, 1.54) is 23.4 Å². The fraction of sp³-hybridized carbons (Fsp3) is 0.333. The van der Waals surface area contributed by atoms with Crippen LogP contribution in [0.1, 0.15) is 35.3 Å². The second-order valence-corrected chi connectivity index (χ2v) is 7.01. The van der Waals surface area contributed by atoms with Crippen LogP contribution in [-0.2, 0) is 6.54 Å². The van der Waals surface area contributed by atoms with E-state index in [4.69, 9.17) is 4.98 Å². The predicted octanol–water partition coefficient (Wildman–Crippen LogP) is 3.97. The Kier molecular flexibility index (Phi) is 3.97. The number of likely N-dealkylation sites (tertiary alicyclic amines) is 1. The molecule has 4 nitrogen and oxygen atoms in total. The van der Waals surface area contributed by atoms with E-state index in [1.807, 2.05) is 35.2 Å². The van der Waals surface area contributed by atoms with Gasteiger partial charge in [-0.05, 0) is 49.9 Å². The number of rotatable bonds is 4. The first-order valence-electron chi connectivity index (χ1n) is 8.05. The molecular weight excluding hydrogens is 304 g/mol. The van der Waals surface area contributed by atoms with Crippen molar-refractivity contribution >= 4 is 11.3 Å². The van der Waals surface area contributed by atoms with Crippen LogP contribution in [0.2, 0.25) is 0 Å². The molecule has 0 amide bonds. The number of hydrogen-bond donors (Lipinski definition) is 0. The summed E-state index contributed by atoms with van der Waals surface area (Å²) in [4.78, 5) is 13.2. The van der Waals surface area contributed by atoms with Gasteiger partial charge in [-0.15, -0.1) is 11.3 Å². The molecule has 0 aromatic carbocycles. The van der Waals surface area contributed by atoms with Gasteiger partial charge in [0.2, 0.25) is 0 Å². The third-order valence-corrected chi connectivity index (χ3v) is 5.33. The summed E-state index contributed by atoms with van der Waals surface area (Å²) in [6, 6.07) is 11.1. The molecule has 4 heterocycles. The molecule has 1 aliphatic heterocycles. The lowest BCUT2D eigenvalue weighted by Crippen LogP contribution is -2.23. The Bertz CT molecular complexity index is 778. The van der Waals surface area contributed by atoms with E-state index in [0.717, 1.165) is 24.7 Å². The van der Waals surface area contributed by atoms with Crippen LogP contribution in [0, 0.1) is 6.92 Å². The zero-order valence-electron chi connectivity index (χ0n) is 13.2. The quantitative estimate of drug-likeness (QED) is 0.728. The smallest absolute Gasteiger partial charge is 0.138 e. The molecular formula is C18H20N4S. The van der Waals surface area contributed by atoms with Gasteiger partial charge < -0.3 is 0 Å². The SMILES string of the molecule is Cc1nccn1-c1cccc(C2CCCN2Cc2cccs2)n1. The summed E-state index contributed by atoms with van der Waals surface area (Å²) in [5.74, 6) is 1.93. The van der Waals surface area contributed by atoms with Crippen molar-refractivity contribution < 1.29 is 0 Å². The van der Waals surface area contributed by atoms with Gasteiger partial charge in [0, 0.05) is 23.8 Å². The van der Waals surface area contributed by atoms with Gasteiger partial charge in [0.15, 0.2) is 0 Å². The highest BCUT2D eigenvalue weighted by Gasteiger charge is 2.27. The average Bonchev–Trinajstić information content (AvgIpc) is 3.30. The van der Waals surface area contributed by atoms with E-state index >= 15 is 0 Å². The second-order valence-electron chi connectivity index (χ2n) is 5.97. The van der Waals surface area contributed by atoms with Crippen LogP contribution in [0.5, 0.6) is 0 Å². The predicted molar refractivity (Wildman–Crippen MR) is 92.8 cm³/mol. The molecule has 23 heavy (non-hydrogen) atoms. The number of nitrogens with zero attached hydrogens (tertiary/aromatic N) is 4. The molecule has 4 rings (SSSR count). The Balaban J connectivity index is 1.60. The molecule has 1 aliphatic rings. The van der Waals surface area contributed by atoms with Crippen molar-refractivity contribution in [2.45, 2.75) is 32.4 Å². The van der Waals surface area contributed by atoms with E-state index in [1.54, 1.807) is 0 Å². The van der Waals surface area contributed by atoms with Gasteiger partial charge in [-0.25, -0.2) is 9.97 Å². The molecule has 1 atom stereocenters. The number of aromatic nitrogens is 3. The van der Waals surface area contributed by atoms with Crippen molar-refractivity contribution in [3.8, 4) is 5.82 Å². The van der Waals surface area contributed by atoms with Crippen LogP contribution < -0.4 is 0 Å². The van der Waals surface area contributed by atoms with Crippen LogP contribution in [0.25, 0.3) is 5.82 Å². The monoisotopic (exact) mass is 324 g/mol. The zero-order chi connectivity index (χ0) is 15.6. The number of pyridine rings is 1. The van der Waals surface area contributed by atoms with Crippen LogP contribution in [0.15, 0.2) is 48.1 Å². The summed E-state index contributed by atoms with van der Waals surface area (Å²) >= 11 is 1.84. The highest BCUT2D eigenvalue weighted by molar-refractivity contribution is 7.09. The molecule has 0 spiro atoms. The summed E-state index contributed by atoms with van der Waals surface area (Å²) in [5.41, 5.74) is 1.17. The minimum atomic E-state index is 0.417. The van der Waals surface area contributed by atoms with E-state index in [2.05, 4.69) is 45.6 Å². The van der Waals surface area contributed by atoms with Crippen molar-refractivity contribution in [3.63, 3.8) is 0 Å². The number of aryl methyl sites for hydroxylation is 1. The highest BCUT2D eigenvalue weighted by Crippen LogP contribution is 2.33. The van der Waals surface area contributed by atoms with Crippen LogP contribution >= 0.6 is 11.3 Å². The van der Waals surface area contributed by atoms with Gasteiger partial charge >= 0.3 is 0 Å². The number of imidazole rings is 1. The molecule has 3 aromatic heterocycles. The molecule has 1 fully saturated rings. The molecule has 1 unspecified atom stereocenters. The maximum atomic E-state index is 4.92. The van der Waals surface area contributed by atoms with E-state index in [0.29, 0.717) is 6.04 Å². The maximum absolute atomic E-state index is 4.92. The molecule has 0 aliphatic carbocycles. The van der Waals surface area contributed by atoms with Gasteiger partial charge in [-0.2, -0.15) is 0 Å². The Hall–Kier alpha value is -1.98. The van der Waals surface area contributed by atoms with Gasteiger partial charge in [0.1, 0.15) is 11.6 Å². The average molecular weight is 324 g/mol. The molecule has 0 N–H and O–H groups in total. The van der Waals surface area contributed by atoms with Crippen LogP contribution in [0.4, 0.5) is 0 Å². The van der Waals surface area contributed by atoms with Crippen molar-refractivity contribution in [3.05, 3.63) is 64.5 Å². The Labute approximate surface area is 140 Å².